The Morgan fingerprint density at radius 1 is 1.60 bits per heavy atom. The normalized spacial score (nSPS) is 40.5. The van der Waals surface area contributed by atoms with Gasteiger partial charge in [0.2, 0.25) is 0 Å². The minimum atomic E-state index is -0.297. The Morgan fingerprint density at radius 3 is 2.70 bits per heavy atom. The fourth-order valence-corrected chi connectivity index (χ4v) is 2.03. The molecule has 1 fully saturated rings. The Hall–Kier alpha value is -0.0400. The fraction of sp³-hybridized carbons (Fsp3) is 1.00. The highest BCUT2D eigenvalue weighted by Gasteiger charge is 2.36. The lowest BCUT2D eigenvalue weighted by atomic mass is 9.88. The minimum Gasteiger partial charge on any atom is -0.390 e. The van der Waals surface area contributed by atoms with Crippen LogP contribution in [0, 0.1) is 5.92 Å². The molecule has 1 rings (SSSR count). The summed E-state index contributed by atoms with van der Waals surface area (Å²) in [6.07, 6.45) is 5.57. The van der Waals surface area contributed by atoms with Crippen LogP contribution in [0.15, 0.2) is 0 Å². The van der Waals surface area contributed by atoms with Gasteiger partial charge in [0, 0.05) is 0 Å². The maximum atomic E-state index is 9.96. The third-order valence-corrected chi connectivity index (χ3v) is 2.85. The molecule has 0 bridgehead atoms. The summed E-state index contributed by atoms with van der Waals surface area (Å²) in [5.41, 5.74) is -0.297. The lowest BCUT2D eigenvalue weighted by Gasteiger charge is -2.26. The van der Waals surface area contributed by atoms with Gasteiger partial charge in [0.05, 0.1) is 5.60 Å². The quantitative estimate of drug-likeness (QED) is 0.627. The predicted molar refractivity (Wildman–Crippen MR) is 42.9 cm³/mol. The van der Waals surface area contributed by atoms with Crippen molar-refractivity contribution < 1.29 is 5.11 Å². The van der Waals surface area contributed by atoms with E-state index in [0.29, 0.717) is 5.92 Å². The third-order valence-electron chi connectivity index (χ3n) is 2.85. The summed E-state index contributed by atoms with van der Waals surface area (Å²) in [5, 5.41) is 9.96. The van der Waals surface area contributed by atoms with Crippen molar-refractivity contribution in [3.63, 3.8) is 0 Å². The van der Waals surface area contributed by atoms with Crippen molar-refractivity contribution in [1.82, 2.24) is 0 Å². The lowest BCUT2D eigenvalue weighted by Crippen LogP contribution is -2.30. The molecular formula is C9H18O. The zero-order valence-corrected chi connectivity index (χ0v) is 7.06. The van der Waals surface area contributed by atoms with E-state index in [4.69, 9.17) is 0 Å². The Labute approximate surface area is 63.4 Å². The van der Waals surface area contributed by atoms with Gasteiger partial charge in [-0.05, 0) is 25.2 Å². The van der Waals surface area contributed by atoms with Gasteiger partial charge < -0.3 is 5.11 Å². The van der Waals surface area contributed by atoms with Gasteiger partial charge in [-0.1, -0.05) is 26.7 Å². The van der Waals surface area contributed by atoms with Crippen LogP contribution in [0.25, 0.3) is 0 Å². The van der Waals surface area contributed by atoms with Crippen LogP contribution in [0.5, 0.6) is 0 Å². The Balaban J connectivity index is 2.48. The molecule has 0 aromatic heterocycles. The zero-order chi connectivity index (χ0) is 7.61. The van der Waals surface area contributed by atoms with Gasteiger partial charge in [-0.3, -0.25) is 0 Å². The van der Waals surface area contributed by atoms with Crippen LogP contribution in [0.4, 0.5) is 0 Å². The van der Waals surface area contributed by atoms with E-state index in [2.05, 4.69) is 13.8 Å². The van der Waals surface area contributed by atoms with Crippen molar-refractivity contribution in [2.45, 2.75) is 51.6 Å². The molecule has 0 spiro atoms. The largest absolute Gasteiger partial charge is 0.390 e. The first-order valence-corrected chi connectivity index (χ1v) is 4.41. The van der Waals surface area contributed by atoms with Crippen LogP contribution < -0.4 is 0 Å². The van der Waals surface area contributed by atoms with Crippen molar-refractivity contribution in [3.05, 3.63) is 0 Å². The molecule has 1 heteroatoms. The number of hydrogen-bond acceptors (Lipinski definition) is 1. The molecule has 0 radical (unpaired) electrons. The molecule has 10 heavy (non-hydrogen) atoms. The van der Waals surface area contributed by atoms with Crippen LogP contribution in [0.2, 0.25) is 0 Å². The second kappa shape index (κ2) is 2.91. The monoisotopic (exact) mass is 142 g/mol. The first-order chi connectivity index (χ1) is 4.69. The van der Waals surface area contributed by atoms with Crippen molar-refractivity contribution in [2.75, 3.05) is 0 Å². The standard InChI is InChI=1S/C9H18O/c1-3-6-9(10)7-4-5-8(9)2/h8,10H,3-7H2,1-2H3/t8-,9+/m0/s1. The predicted octanol–water partition coefficient (Wildman–Crippen LogP) is 2.34. The molecule has 0 unspecified atom stereocenters. The van der Waals surface area contributed by atoms with Gasteiger partial charge in [-0.25, -0.2) is 0 Å². The van der Waals surface area contributed by atoms with Gasteiger partial charge in [-0.2, -0.15) is 0 Å². The van der Waals surface area contributed by atoms with Crippen molar-refractivity contribution in [3.8, 4) is 0 Å². The summed E-state index contributed by atoms with van der Waals surface area (Å²) >= 11 is 0. The molecule has 60 valence electrons. The van der Waals surface area contributed by atoms with E-state index in [1.807, 2.05) is 0 Å². The van der Waals surface area contributed by atoms with Crippen LogP contribution in [0.3, 0.4) is 0 Å². The SMILES string of the molecule is CCC[C@@]1(O)CCC[C@@H]1C. The molecular weight excluding hydrogens is 124 g/mol. The average molecular weight is 142 g/mol. The molecule has 0 saturated heterocycles. The molecule has 1 aliphatic carbocycles. The second-order valence-electron chi connectivity index (χ2n) is 3.65. The summed E-state index contributed by atoms with van der Waals surface area (Å²) in [5.74, 6) is 0.535. The van der Waals surface area contributed by atoms with Crippen molar-refractivity contribution >= 4 is 0 Å². The third kappa shape index (κ3) is 1.34. The van der Waals surface area contributed by atoms with Gasteiger partial charge in [0.15, 0.2) is 0 Å². The molecule has 1 N–H and O–H groups in total. The molecule has 1 aliphatic rings. The number of hydrogen-bond donors (Lipinski definition) is 1. The van der Waals surface area contributed by atoms with E-state index in [-0.39, 0.29) is 5.60 Å². The Bertz CT molecular complexity index is 111. The summed E-state index contributed by atoms with van der Waals surface area (Å²) in [6.45, 7) is 4.31. The molecule has 0 aromatic rings. The Morgan fingerprint density at radius 2 is 2.30 bits per heavy atom. The van der Waals surface area contributed by atoms with E-state index in [0.717, 1.165) is 19.3 Å². The first kappa shape index (κ1) is 8.06. The van der Waals surface area contributed by atoms with Crippen LogP contribution in [-0.4, -0.2) is 10.7 Å². The highest BCUT2D eigenvalue weighted by atomic mass is 16.3. The van der Waals surface area contributed by atoms with E-state index >= 15 is 0 Å². The van der Waals surface area contributed by atoms with Gasteiger partial charge in [0.1, 0.15) is 0 Å². The molecule has 0 heterocycles. The van der Waals surface area contributed by atoms with E-state index < -0.39 is 0 Å². The minimum absolute atomic E-state index is 0.297. The van der Waals surface area contributed by atoms with E-state index in [1.54, 1.807) is 0 Å². The number of rotatable bonds is 2. The summed E-state index contributed by atoms with van der Waals surface area (Å²) in [6, 6.07) is 0. The van der Waals surface area contributed by atoms with Crippen LogP contribution >= 0.6 is 0 Å². The summed E-state index contributed by atoms with van der Waals surface area (Å²) < 4.78 is 0. The summed E-state index contributed by atoms with van der Waals surface area (Å²) in [4.78, 5) is 0. The molecule has 0 aliphatic heterocycles. The lowest BCUT2D eigenvalue weighted by molar-refractivity contribution is 0.000419. The average Bonchev–Trinajstić information content (AvgIpc) is 2.15. The maximum Gasteiger partial charge on any atom is 0.0673 e. The van der Waals surface area contributed by atoms with Gasteiger partial charge >= 0.3 is 0 Å². The van der Waals surface area contributed by atoms with Crippen LogP contribution in [0.1, 0.15) is 46.0 Å². The molecule has 2 atom stereocenters. The molecule has 0 aromatic carbocycles. The van der Waals surface area contributed by atoms with E-state index in [1.165, 1.54) is 12.8 Å². The maximum absolute atomic E-state index is 9.96. The molecule has 1 saturated carbocycles. The topological polar surface area (TPSA) is 20.2 Å². The van der Waals surface area contributed by atoms with Gasteiger partial charge in [-0.15, -0.1) is 0 Å². The van der Waals surface area contributed by atoms with E-state index in [9.17, 15) is 5.11 Å². The fourth-order valence-electron chi connectivity index (χ4n) is 2.03. The first-order valence-electron chi connectivity index (χ1n) is 4.41. The molecule has 0 amide bonds. The molecule has 1 nitrogen and oxygen atoms in total. The smallest absolute Gasteiger partial charge is 0.0673 e. The number of aliphatic hydroxyl groups is 1. The van der Waals surface area contributed by atoms with Crippen molar-refractivity contribution in [1.29, 1.82) is 0 Å². The zero-order valence-electron chi connectivity index (χ0n) is 7.06. The Kier molecular flexibility index (Phi) is 2.35. The van der Waals surface area contributed by atoms with Crippen LogP contribution in [-0.2, 0) is 0 Å². The van der Waals surface area contributed by atoms with Crippen molar-refractivity contribution in [2.24, 2.45) is 5.92 Å². The van der Waals surface area contributed by atoms with Gasteiger partial charge in [0.25, 0.3) is 0 Å². The second-order valence-corrected chi connectivity index (χ2v) is 3.65. The summed E-state index contributed by atoms with van der Waals surface area (Å²) in [7, 11) is 0. The highest BCUT2D eigenvalue weighted by molar-refractivity contribution is 4.89. The highest BCUT2D eigenvalue weighted by Crippen LogP contribution is 2.38.